The highest BCUT2D eigenvalue weighted by Gasteiger charge is 2.35. The molecule has 0 amide bonds. The fraction of sp³-hybridized carbons (Fsp3) is 0.593. The van der Waals surface area contributed by atoms with Crippen LogP contribution in [0, 0.1) is 5.92 Å². The Labute approximate surface area is 192 Å². The number of ketones is 1. The average Bonchev–Trinajstić information content (AvgIpc) is 3.15. The largest absolute Gasteiger partial charge is 0.469 e. The van der Waals surface area contributed by atoms with Gasteiger partial charge in [0.25, 0.3) is 0 Å². The van der Waals surface area contributed by atoms with Crippen LogP contribution >= 0.6 is 0 Å². The summed E-state index contributed by atoms with van der Waals surface area (Å²) in [5.41, 5.74) is 2.04. The van der Waals surface area contributed by atoms with Crippen molar-refractivity contribution in [3.63, 3.8) is 0 Å². The Morgan fingerprint density at radius 1 is 1.12 bits per heavy atom. The van der Waals surface area contributed by atoms with E-state index in [1.54, 1.807) is 0 Å². The molecule has 0 aromatic heterocycles. The number of rotatable bonds is 13. The van der Waals surface area contributed by atoms with E-state index in [2.05, 4.69) is 23.8 Å². The number of methoxy groups -OCH3 is 1. The summed E-state index contributed by atoms with van der Waals surface area (Å²) < 4.78 is 10.2. The highest BCUT2D eigenvalue weighted by atomic mass is 16.5. The Balaban J connectivity index is 1.98. The Bertz CT molecular complexity index is 765. The molecule has 1 saturated carbocycles. The van der Waals surface area contributed by atoms with Crippen LogP contribution in [0.15, 0.2) is 36.4 Å². The minimum absolute atomic E-state index is 0.0731. The van der Waals surface area contributed by atoms with Crippen molar-refractivity contribution in [1.29, 1.82) is 0 Å². The summed E-state index contributed by atoms with van der Waals surface area (Å²) in [6, 6.07) is 8.10. The van der Waals surface area contributed by atoms with Crippen LogP contribution in [-0.4, -0.2) is 24.8 Å². The highest BCUT2D eigenvalue weighted by molar-refractivity contribution is 5.88. The number of esters is 2. The summed E-state index contributed by atoms with van der Waals surface area (Å²) >= 11 is 0. The van der Waals surface area contributed by atoms with Crippen LogP contribution < -0.4 is 0 Å². The monoisotopic (exact) mass is 442 g/mol. The van der Waals surface area contributed by atoms with E-state index in [1.807, 2.05) is 24.3 Å². The van der Waals surface area contributed by atoms with Gasteiger partial charge in [-0.1, -0.05) is 56.2 Å². The van der Waals surface area contributed by atoms with Crippen molar-refractivity contribution in [2.75, 3.05) is 7.11 Å². The molecule has 3 atom stereocenters. The summed E-state index contributed by atoms with van der Waals surface area (Å²) in [5.74, 6) is 0.0981. The van der Waals surface area contributed by atoms with Gasteiger partial charge in [-0.25, -0.2) is 0 Å². The minimum Gasteiger partial charge on any atom is -0.469 e. The molecular formula is C27H38O5. The van der Waals surface area contributed by atoms with Crippen LogP contribution in [0.1, 0.15) is 101 Å². The second-order valence-electron chi connectivity index (χ2n) is 8.68. The van der Waals surface area contributed by atoms with E-state index < -0.39 is 0 Å². The molecule has 0 bridgehead atoms. The Kier molecular flexibility index (Phi) is 11.2. The van der Waals surface area contributed by atoms with E-state index in [4.69, 9.17) is 4.74 Å². The molecule has 0 heterocycles. The van der Waals surface area contributed by atoms with Gasteiger partial charge in [0.15, 0.2) is 0 Å². The molecule has 1 fully saturated rings. The number of hydrogen-bond acceptors (Lipinski definition) is 5. The number of carbonyl (C=O) groups is 3. The summed E-state index contributed by atoms with van der Waals surface area (Å²) in [6.07, 6.45) is 12.5. The fourth-order valence-corrected chi connectivity index (χ4v) is 4.47. The van der Waals surface area contributed by atoms with E-state index in [1.165, 1.54) is 14.0 Å². The number of unbranched alkanes of at least 4 members (excludes halogenated alkanes) is 3. The Morgan fingerprint density at radius 3 is 2.53 bits per heavy atom. The van der Waals surface area contributed by atoms with Crippen LogP contribution in [-0.2, 0) is 23.9 Å². The van der Waals surface area contributed by atoms with Crippen molar-refractivity contribution >= 4 is 17.7 Å². The van der Waals surface area contributed by atoms with Crippen molar-refractivity contribution in [3.05, 3.63) is 47.5 Å². The lowest BCUT2D eigenvalue weighted by atomic mass is 9.85. The molecular weight excluding hydrogens is 404 g/mol. The van der Waals surface area contributed by atoms with Crippen LogP contribution in [0.4, 0.5) is 0 Å². The molecule has 2 rings (SSSR count). The van der Waals surface area contributed by atoms with Gasteiger partial charge in [-0.05, 0) is 55.6 Å². The first-order valence-corrected chi connectivity index (χ1v) is 12.0. The predicted octanol–water partition coefficient (Wildman–Crippen LogP) is 6.22. The van der Waals surface area contributed by atoms with Gasteiger partial charge < -0.3 is 9.47 Å². The molecule has 0 aliphatic heterocycles. The van der Waals surface area contributed by atoms with Gasteiger partial charge >= 0.3 is 11.9 Å². The van der Waals surface area contributed by atoms with E-state index >= 15 is 0 Å². The lowest BCUT2D eigenvalue weighted by molar-refractivity contribution is -0.147. The zero-order valence-corrected chi connectivity index (χ0v) is 19.8. The fourth-order valence-electron chi connectivity index (χ4n) is 4.47. The van der Waals surface area contributed by atoms with Crippen LogP contribution in [0.2, 0.25) is 0 Å². The standard InChI is InChI=1S/C27H38O5/c1-4-5-8-12-25(32-20(2)28)21-14-16-23(17-15-21)27-22(18-19-24(27)29)11-9-6-7-10-13-26(30)31-3/h6,9,14-17,22,25,27H,4-5,7-8,10-13,18-19H2,1-3H3/t22-,25?,27-/m0/s1. The normalized spacial score (nSPS) is 19.3. The third-order valence-electron chi connectivity index (χ3n) is 6.21. The molecule has 0 saturated heterocycles. The van der Waals surface area contributed by atoms with Gasteiger partial charge in [-0.2, -0.15) is 0 Å². The number of benzene rings is 1. The average molecular weight is 443 g/mol. The highest BCUT2D eigenvalue weighted by Crippen LogP contribution is 2.40. The first-order valence-electron chi connectivity index (χ1n) is 12.0. The molecule has 1 aromatic rings. The number of carbonyl (C=O) groups excluding carboxylic acids is 3. The molecule has 5 heteroatoms. The van der Waals surface area contributed by atoms with Gasteiger partial charge in [0.1, 0.15) is 11.9 Å². The van der Waals surface area contributed by atoms with Crippen molar-refractivity contribution in [2.45, 2.75) is 90.1 Å². The number of allylic oxidation sites excluding steroid dienone is 2. The summed E-state index contributed by atoms with van der Waals surface area (Å²) in [4.78, 5) is 35.3. The van der Waals surface area contributed by atoms with Gasteiger partial charge in [0, 0.05) is 25.7 Å². The Hall–Kier alpha value is -2.43. The SMILES string of the molecule is CCCCCC(OC(C)=O)c1ccc([C@H]2C(=O)CC[C@@H]2CC=CCCCC(=O)OC)cc1. The van der Waals surface area contributed by atoms with Crippen molar-refractivity contribution in [1.82, 2.24) is 0 Å². The van der Waals surface area contributed by atoms with Crippen molar-refractivity contribution in [2.24, 2.45) is 5.92 Å². The molecule has 1 aliphatic rings. The minimum atomic E-state index is -0.264. The van der Waals surface area contributed by atoms with E-state index in [0.717, 1.165) is 62.5 Å². The predicted molar refractivity (Wildman–Crippen MR) is 125 cm³/mol. The third kappa shape index (κ3) is 8.25. The maximum absolute atomic E-state index is 12.6. The molecule has 0 spiro atoms. The van der Waals surface area contributed by atoms with Gasteiger partial charge in [-0.3, -0.25) is 14.4 Å². The van der Waals surface area contributed by atoms with Crippen molar-refractivity contribution in [3.8, 4) is 0 Å². The van der Waals surface area contributed by atoms with Crippen LogP contribution in [0.5, 0.6) is 0 Å². The van der Waals surface area contributed by atoms with Crippen LogP contribution in [0.3, 0.4) is 0 Å². The van der Waals surface area contributed by atoms with E-state index in [9.17, 15) is 14.4 Å². The second-order valence-corrected chi connectivity index (χ2v) is 8.68. The molecule has 1 unspecified atom stereocenters. The van der Waals surface area contributed by atoms with E-state index in [-0.39, 0.29) is 24.0 Å². The first-order chi connectivity index (χ1) is 15.5. The summed E-state index contributed by atoms with van der Waals surface area (Å²) in [5, 5.41) is 0. The maximum Gasteiger partial charge on any atom is 0.305 e. The smallest absolute Gasteiger partial charge is 0.305 e. The number of ether oxygens (including phenoxy) is 2. The molecule has 0 N–H and O–H groups in total. The third-order valence-corrected chi connectivity index (χ3v) is 6.21. The van der Waals surface area contributed by atoms with Gasteiger partial charge in [-0.15, -0.1) is 0 Å². The van der Waals surface area contributed by atoms with Gasteiger partial charge in [0.2, 0.25) is 0 Å². The molecule has 176 valence electrons. The summed E-state index contributed by atoms with van der Waals surface area (Å²) in [7, 11) is 1.41. The zero-order valence-electron chi connectivity index (χ0n) is 19.8. The zero-order chi connectivity index (χ0) is 23.3. The lowest BCUT2D eigenvalue weighted by Crippen LogP contribution is -2.13. The molecule has 0 radical (unpaired) electrons. The molecule has 1 aliphatic carbocycles. The summed E-state index contributed by atoms with van der Waals surface area (Å²) in [6.45, 7) is 3.61. The molecule has 32 heavy (non-hydrogen) atoms. The number of Topliss-reactive ketones (excluding diaryl/α,β-unsaturated/α-hetero) is 1. The van der Waals surface area contributed by atoms with Gasteiger partial charge in [0.05, 0.1) is 7.11 Å². The van der Waals surface area contributed by atoms with Crippen LogP contribution in [0.25, 0.3) is 0 Å². The Morgan fingerprint density at radius 2 is 1.88 bits per heavy atom. The lowest BCUT2D eigenvalue weighted by Gasteiger charge is -2.20. The second kappa shape index (κ2) is 13.9. The molecule has 1 aromatic carbocycles. The first kappa shape index (κ1) is 25.8. The quantitative estimate of drug-likeness (QED) is 0.206. The van der Waals surface area contributed by atoms with Crippen molar-refractivity contribution < 1.29 is 23.9 Å². The topological polar surface area (TPSA) is 69.7 Å². The number of hydrogen-bond donors (Lipinski definition) is 0. The van der Waals surface area contributed by atoms with E-state index in [0.29, 0.717) is 24.5 Å². The molecule has 5 nitrogen and oxygen atoms in total. The maximum atomic E-state index is 12.6.